The molecule has 2 aliphatic carbocycles. The second-order valence-corrected chi connectivity index (χ2v) is 5.84. The summed E-state index contributed by atoms with van der Waals surface area (Å²) >= 11 is 0. The first-order valence-electron chi connectivity index (χ1n) is 7.11. The van der Waals surface area contributed by atoms with E-state index in [1.807, 2.05) is 20.8 Å². The van der Waals surface area contributed by atoms with Crippen LogP contribution in [0.25, 0.3) is 0 Å². The van der Waals surface area contributed by atoms with Crippen molar-refractivity contribution in [2.24, 2.45) is 17.0 Å². The highest BCUT2D eigenvalue weighted by Gasteiger charge is 2.50. The van der Waals surface area contributed by atoms with E-state index in [1.54, 1.807) is 0 Å². The van der Waals surface area contributed by atoms with Crippen LogP contribution in [0.4, 0.5) is 0 Å². The average molecular weight is 263 g/mol. The number of hydrogen-bond acceptors (Lipinski definition) is 3. The van der Waals surface area contributed by atoms with Gasteiger partial charge in [-0.15, -0.1) is 0 Å². The lowest BCUT2D eigenvalue weighted by Gasteiger charge is -2.22. The van der Waals surface area contributed by atoms with E-state index in [4.69, 9.17) is 0 Å². The van der Waals surface area contributed by atoms with Gasteiger partial charge < -0.3 is 10.4 Å². The number of hydrogen-bond donors (Lipinski definition) is 1. The maximum atomic E-state index is 12.2. The average Bonchev–Trinajstić information content (AvgIpc) is 3.06. The molecular formula is C14H21N3O2. The first-order valence-corrected chi connectivity index (χ1v) is 7.11. The quantitative estimate of drug-likeness (QED) is 0.384. The summed E-state index contributed by atoms with van der Waals surface area (Å²) in [6, 6.07) is 0.0904. The summed E-state index contributed by atoms with van der Waals surface area (Å²) in [6.07, 6.45) is 4.10. The largest absolute Gasteiger partial charge is 0.711 e. The minimum Gasteiger partial charge on any atom is -0.711 e. The Morgan fingerprint density at radius 3 is 2.79 bits per heavy atom. The predicted octanol–water partition coefficient (Wildman–Crippen LogP) is 2.10. The van der Waals surface area contributed by atoms with Crippen LogP contribution in [0.15, 0.2) is 5.16 Å². The Balaban J connectivity index is 2.15. The Morgan fingerprint density at radius 1 is 1.42 bits per heavy atom. The van der Waals surface area contributed by atoms with Crippen molar-refractivity contribution >= 4 is 5.71 Å². The van der Waals surface area contributed by atoms with E-state index in [0.29, 0.717) is 18.3 Å². The van der Waals surface area contributed by atoms with Gasteiger partial charge in [0, 0.05) is 32.1 Å². The van der Waals surface area contributed by atoms with Gasteiger partial charge in [0.1, 0.15) is 23.1 Å². The van der Waals surface area contributed by atoms with E-state index >= 15 is 0 Å². The van der Waals surface area contributed by atoms with Gasteiger partial charge in [-0.2, -0.15) is 0 Å². The molecule has 1 aromatic rings. The van der Waals surface area contributed by atoms with E-state index in [2.05, 4.69) is 9.72 Å². The molecule has 3 atom stereocenters. The van der Waals surface area contributed by atoms with Crippen LogP contribution >= 0.6 is 0 Å². The maximum Gasteiger partial charge on any atom is 0.260 e. The van der Waals surface area contributed by atoms with Gasteiger partial charge in [0.15, 0.2) is 0 Å². The third kappa shape index (κ3) is 1.53. The minimum atomic E-state index is 0.0904. The molecular weight excluding hydrogens is 242 g/mol. The van der Waals surface area contributed by atoms with Gasteiger partial charge in [0.2, 0.25) is 0 Å². The highest BCUT2D eigenvalue weighted by molar-refractivity contribution is 5.93. The molecule has 2 bridgehead atoms. The lowest BCUT2D eigenvalue weighted by Crippen LogP contribution is -2.35. The fourth-order valence-corrected chi connectivity index (χ4v) is 4.03. The van der Waals surface area contributed by atoms with Gasteiger partial charge in [-0.05, 0) is 19.3 Å². The molecule has 5 nitrogen and oxygen atoms in total. The fourth-order valence-electron chi connectivity index (χ4n) is 4.03. The number of nitrogens with zero attached hydrogens (tertiary/aromatic N) is 3. The summed E-state index contributed by atoms with van der Waals surface area (Å²) in [5.41, 5.74) is 2.65. The Hall–Kier alpha value is -1.52. The van der Waals surface area contributed by atoms with Crippen LogP contribution in [-0.4, -0.2) is 15.5 Å². The summed E-state index contributed by atoms with van der Waals surface area (Å²) in [7, 11) is 0. The van der Waals surface area contributed by atoms with Crippen molar-refractivity contribution < 1.29 is 9.94 Å². The second-order valence-electron chi connectivity index (χ2n) is 5.84. The van der Waals surface area contributed by atoms with Crippen molar-refractivity contribution in [3.05, 3.63) is 22.4 Å². The number of rotatable bonds is 2. The van der Waals surface area contributed by atoms with E-state index in [1.165, 1.54) is 6.42 Å². The van der Waals surface area contributed by atoms with Crippen LogP contribution in [0.2, 0.25) is 0 Å². The van der Waals surface area contributed by atoms with Crippen molar-refractivity contribution in [2.75, 3.05) is 0 Å². The van der Waals surface area contributed by atoms with Crippen molar-refractivity contribution in [1.82, 2.24) is 4.57 Å². The summed E-state index contributed by atoms with van der Waals surface area (Å²) < 4.78 is 3.16. The minimum absolute atomic E-state index is 0.0904. The van der Waals surface area contributed by atoms with Crippen LogP contribution in [-0.2, 0) is 6.42 Å². The molecule has 0 aromatic carbocycles. The topological polar surface area (TPSA) is 64.5 Å². The molecule has 1 heterocycles. The summed E-state index contributed by atoms with van der Waals surface area (Å²) in [5, 5.41) is 25.1. The Morgan fingerprint density at radius 2 is 2.16 bits per heavy atom. The first kappa shape index (κ1) is 12.5. The van der Waals surface area contributed by atoms with Crippen LogP contribution < -0.4 is 4.73 Å². The first-order chi connectivity index (χ1) is 9.10. The maximum absolute atomic E-state index is 12.2. The highest BCUT2D eigenvalue weighted by Crippen LogP contribution is 2.49. The molecule has 5 heteroatoms. The highest BCUT2D eigenvalue weighted by atomic mass is 16.5. The molecule has 3 rings (SSSR count). The Bertz CT molecular complexity index is 547. The summed E-state index contributed by atoms with van der Waals surface area (Å²) in [6.45, 7) is 5.85. The monoisotopic (exact) mass is 263 g/mol. The van der Waals surface area contributed by atoms with E-state index in [9.17, 15) is 10.4 Å². The molecule has 2 fully saturated rings. The second kappa shape index (κ2) is 4.25. The van der Waals surface area contributed by atoms with Crippen LogP contribution in [0.5, 0.6) is 0 Å². The molecule has 0 radical (unpaired) electrons. The van der Waals surface area contributed by atoms with Crippen molar-refractivity contribution in [3.63, 3.8) is 0 Å². The standard InChI is InChI=1S/C14H21N3O2/c1-4-12-16(8(2)9(3)17(12)19)14-11-6-5-10(7-11)13(14)15-18/h10-11,14,18H,4-7H2,1-3H3. The molecule has 3 unspecified atom stereocenters. The van der Waals surface area contributed by atoms with Gasteiger partial charge >= 0.3 is 0 Å². The number of oxime groups is 1. The van der Waals surface area contributed by atoms with E-state index in [-0.39, 0.29) is 6.04 Å². The molecule has 2 aliphatic rings. The van der Waals surface area contributed by atoms with Crippen molar-refractivity contribution in [3.8, 4) is 0 Å². The predicted molar refractivity (Wildman–Crippen MR) is 71.3 cm³/mol. The van der Waals surface area contributed by atoms with Crippen LogP contribution in [0.3, 0.4) is 0 Å². The molecule has 0 amide bonds. The van der Waals surface area contributed by atoms with Gasteiger partial charge in [-0.3, -0.25) is 0 Å². The van der Waals surface area contributed by atoms with Crippen molar-refractivity contribution in [1.29, 1.82) is 0 Å². The Kier molecular flexibility index (Phi) is 2.80. The third-order valence-corrected chi connectivity index (χ3v) is 5.05. The molecule has 0 aliphatic heterocycles. The van der Waals surface area contributed by atoms with Crippen LogP contribution in [0.1, 0.15) is 49.4 Å². The normalized spacial score (nSPS) is 31.5. The van der Waals surface area contributed by atoms with Gasteiger partial charge in [0.05, 0.1) is 0 Å². The molecule has 1 aromatic heterocycles. The SMILES string of the molecule is CCc1n(C2C(=NO)C3CCC2C3)c(C)c(C)[n+]1[O-]. The zero-order valence-corrected chi connectivity index (χ0v) is 11.8. The van der Waals surface area contributed by atoms with Gasteiger partial charge in [-0.25, -0.2) is 9.30 Å². The molecule has 2 saturated carbocycles. The lowest BCUT2D eigenvalue weighted by molar-refractivity contribution is -0.620. The number of imidazole rings is 1. The van der Waals surface area contributed by atoms with Gasteiger partial charge in [0.25, 0.3) is 5.82 Å². The third-order valence-electron chi connectivity index (χ3n) is 5.05. The smallest absolute Gasteiger partial charge is 0.260 e. The number of fused-ring (bicyclic) bond motifs is 2. The molecule has 104 valence electrons. The molecule has 0 spiro atoms. The van der Waals surface area contributed by atoms with Crippen LogP contribution in [0, 0.1) is 30.9 Å². The van der Waals surface area contributed by atoms with E-state index in [0.717, 1.165) is 40.5 Å². The zero-order valence-electron chi connectivity index (χ0n) is 11.8. The fraction of sp³-hybridized carbons (Fsp3) is 0.714. The van der Waals surface area contributed by atoms with Gasteiger partial charge in [-0.1, -0.05) is 12.1 Å². The lowest BCUT2D eigenvalue weighted by atomic mass is 9.92. The molecule has 19 heavy (non-hydrogen) atoms. The number of aromatic nitrogens is 2. The molecule has 0 saturated heterocycles. The van der Waals surface area contributed by atoms with Crippen molar-refractivity contribution in [2.45, 2.75) is 52.5 Å². The van der Waals surface area contributed by atoms with E-state index < -0.39 is 0 Å². The zero-order chi connectivity index (χ0) is 13.7. The molecule has 1 N–H and O–H groups in total. The summed E-state index contributed by atoms with van der Waals surface area (Å²) in [5.74, 6) is 1.72. The summed E-state index contributed by atoms with van der Waals surface area (Å²) in [4.78, 5) is 0. The Labute approximate surface area is 113 Å².